The number of methoxy groups -OCH3 is 1. The number of halogens is 1. The highest BCUT2D eigenvalue weighted by Crippen LogP contribution is 2.28. The van der Waals surface area contributed by atoms with Crippen molar-refractivity contribution in [1.82, 2.24) is 4.68 Å². The number of carbonyl (C=O) groups excluding carboxylic acids is 1. The number of aryl methyl sites for hydroxylation is 1. The van der Waals surface area contributed by atoms with Crippen molar-refractivity contribution in [3.63, 3.8) is 0 Å². The van der Waals surface area contributed by atoms with Gasteiger partial charge in [0.25, 0.3) is 5.56 Å². The van der Waals surface area contributed by atoms with E-state index in [1.807, 2.05) is 0 Å². The van der Waals surface area contributed by atoms with Gasteiger partial charge >= 0.3 is 5.97 Å². The van der Waals surface area contributed by atoms with Crippen molar-refractivity contribution in [2.45, 2.75) is 6.92 Å². The van der Waals surface area contributed by atoms with Gasteiger partial charge in [0.2, 0.25) is 0 Å². The summed E-state index contributed by atoms with van der Waals surface area (Å²) in [7, 11) is 1.40. The van der Waals surface area contributed by atoms with Crippen LogP contribution < -0.4 is 20.8 Å². The lowest BCUT2D eigenvalue weighted by Crippen LogP contribution is -2.19. The molecule has 1 aromatic heterocycles. The third-order valence-electron chi connectivity index (χ3n) is 3.99. The molecule has 148 valence electrons. The highest BCUT2D eigenvalue weighted by Gasteiger charge is 2.16. The molecule has 0 amide bonds. The second-order valence-electron chi connectivity index (χ2n) is 6.13. The topological polar surface area (TPSA) is 95.9 Å². The number of nitrogen functional groups attached to an aromatic ring is 1. The van der Waals surface area contributed by atoms with E-state index >= 15 is 0 Å². The predicted octanol–water partition coefficient (Wildman–Crippen LogP) is 2.99. The summed E-state index contributed by atoms with van der Waals surface area (Å²) in [5, 5.41) is 4.08. The van der Waals surface area contributed by atoms with E-state index in [-0.39, 0.29) is 28.4 Å². The van der Waals surface area contributed by atoms with E-state index in [4.69, 9.17) is 15.2 Å². The molecule has 0 fully saturated rings. The lowest BCUT2D eigenvalue weighted by Gasteiger charge is -2.10. The molecule has 1 heterocycles. The fraction of sp³-hybridized carbons (Fsp3) is 0.0952. The van der Waals surface area contributed by atoms with E-state index in [1.165, 1.54) is 49.7 Å². The minimum absolute atomic E-state index is 0.116. The molecule has 2 aromatic carbocycles. The summed E-state index contributed by atoms with van der Waals surface area (Å²) in [5.41, 5.74) is 6.59. The monoisotopic (exact) mass is 395 g/mol. The van der Waals surface area contributed by atoms with E-state index in [9.17, 15) is 14.0 Å². The normalized spacial score (nSPS) is 10.9. The van der Waals surface area contributed by atoms with Gasteiger partial charge in [-0.15, -0.1) is 0 Å². The maximum absolute atomic E-state index is 13.8. The molecule has 0 aliphatic heterocycles. The first-order valence-electron chi connectivity index (χ1n) is 8.57. The molecular weight excluding hydrogens is 377 g/mol. The molecule has 2 N–H and O–H groups in total. The van der Waals surface area contributed by atoms with Crippen molar-refractivity contribution in [3.05, 3.63) is 87.5 Å². The fourth-order valence-corrected chi connectivity index (χ4v) is 2.60. The van der Waals surface area contributed by atoms with E-state index in [0.29, 0.717) is 5.56 Å². The van der Waals surface area contributed by atoms with Crippen molar-refractivity contribution in [3.8, 4) is 11.5 Å². The number of benzene rings is 2. The maximum atomic E-state index is 13.8. The van der Waals surface area contributed by atoms with Crippen LogP contribution in [0.15, 0.2) is 64.5 Å². The van der Waals surface area contributed by atoms with Gasteiger partial charge in [0.1, 0.15) is 11.6 Å². The third-order valence-corrected chi connectivity index (χ3v) is 3.99. The first-order chi connectivity index (χ1) is 13.9. The summed E-state index contributed by atoms with van der Waals surface area (Å²) in [5.74, 6) is -0.968. The van der Waals surface area contributed by atoms with Gasteiger partial charge in [-0.05, 0) is 54.4 Å². The van der Waals surface area contributed by atoms with Crippen molar-refractivity contribution >= 4 is 18.0 Å². The summed E-state index contributed by atoms with van der Waals surface area (Å²) in [6.45, 7) is 1.76. The van der Waals surface area contributed by atoms with Crippen LogP contribution in [0.4, 0.5) is 10.2 Å². The number of anilines is 1. The Morgan fingerprint density at radius 1 is 1.14 bits per heavy atom. The number of rotatable bonds is 5. The molecule has 0 saturated heterocycles. The molecule has 0 atom stereocenters. The van der Waals surface area contributed by atoms with E-state index in [0.717, 1.165) is 10.2 Å². The second kappa shape index (κ2) is 8.39. The minimum atomic E-state index is -0.846. The van der Waals surface area contributed by atoms with Crippen molar-refractivity contribution < 1.29 is 18.7 Å². The number of aromatic nitrogens is 1. The van der Waals surface area contributed by atoms with Crippen LogP contribution in [-0.2, 0) is 0 Å². The number of nitrogens with zero attached hydrogens (tertiary/aromatic N) is 2. The molecule has 3 aromatic rings. The lowest BCUT2D eigenvalue weighted by atomic mass is 10.2. The SMILES string of the molecule is COc1cc(/C=N\n2c(N)cc(C)cc2=O)ccc1OC(=O)c1ccccc1F. The van der Waals surface area contributed by atoms with Crippen molar-refractivity contribution in [2.75, 3.05) is 12.8 Å². The van der Waals surface area contributed by atoms with Crippen LogP contribution >= 0.6 is 0 Å². The quantitative estimate of drug-likeness (QED) is 0.407. The summed E-state index contributed by atoms with van der Waals surface area (Å²) in [4.78, 5) is 24.2. The van der Waals surface area contributed by atoms with Crippen LogP contribution in [0.1, 0.15) is 21.5 Å². The first-order valence-corrected chi connectivity index (χ1v) is 8.57. The molecule has 0 saturated carbocycles. The Kier molecular flexibility index (Phi) is 5.73. The number of pyridine rings is 1. The van der Waals surface area contributed by atoms with Crippen LogP contribution in [0, 0.1) is 12.7 Å². The summed E-state index contributed by atoms with van der Waals surface area (Å²) < 4.78 is 25.3. The predicted molar refractivity (Wildman–Crippen MR) is 107 cm³/mol. The number of ether oxygens (including phenoxy) is 2. The van der Waals surface area contributed by atoms with Crippen molar-refractivity contribution in [1.29, 1.82) is 0 Å². The third kappa shape index (κ3) is 4.49. The fourth-order valence-electron chi connectivity index (χ4n) is 2.60. The largest absolute Gasteiger partial charge is 0.493 e. The van der Waals surface area contributed by atoms with Crippen LogP contribution in [0.3, 0.4) is 0 Å². The van der Waals surface area contributed by atoms with Gasteiger partial charge in [0, 0.05) is 6.07 Å². The molecule has 0 bridgehead atoms. The number of hydrogen-bond donors (Lipinski definition) is 1. The van der Waals surface area contributed by atoms with Gasteiger partial charge in [0.05, 0.1) is 18.9 Å². The number of nitrogens with two attached hydrogens (primary N) is 1. The number of hydrogen-bond acceptors (Lipinski definition) is 6. The van der Waals surface area contributed by atoms with E-state index < -0.39 is 11.8 Å². The zero-order valence-corrected chi connectivity index (χ0v) is 15.8. The second-order valence-corrected chi connectivity index (χ2v) is 6.13. The summed E-state index contributed by atoms with van der Waals surface area (Å²) in [6.07, 6.45) is 1.41. The number of esters is 1. The Labute approximate surface area is 165 Å². The molecule has 3 rings (SSSR count). The molecule has 7 nitrogen and oxygen atoms in total. The standard InChI is InChI=1S/C21H18FN3O4/c1-13-9-19(23)25(20(26)10-13)24-12-14-7-8-17(18(11-14)28-2)29-21(27)15-5-3-4-6-16(15)22/h3-12H,23H2,1-2H3/b24-12-. The average Bonchev–Trinajstić information content (AvgIpc) is 2.68. The molecule has 0 radical (unpaired) electrons. The molecule has 0 aliphatic rings. The zero-order chi connectivity index (χ0) is 21.0. The van der Waals surface area contributed by atoms with Crippen molar-refractivity contribution in [2.24, 2.45) is 5.10 Å². The zero-order valence-electron chi connectivity index (χ0n) is 15.8. The lowest BCUT2D eigenvalue weighted by molar-refractivity contribution is 0.0725. The smallest absolute Gasteiger partial charge is 0.346 e. The van der Waals surface area contributed by atoms with Gasteiger partial charge < -0.3 is 15.2 Å². The van der Waals surface area contributed by atoms with Gasteiger partial charge in [-0.1, -0.05) is 12.1 Å². The van der Waals surface area contributed by atoms with Gasteiger partial charge in [-0.25, -0.2) is 9.18 Å². The van der Waals surface area contributed by atoms with Gasteiger partial charge in [0.15, 0.2) is 11.5 Å². The van der Waals surface area contributed by atoms with Crippen LogP contribution in [-0.4, -0.2) is 24.0 Å². The van der Waals surface area contributed by atoms with E-state index in [2.05, 4.69) is 5.10 Å². The summed E-state index contributed by atoms with van der Waals surface area (Å²) >= 11 is 0. The Morgan fingerprint density at radius 3 is 2.59 bits per heavy atom. The molecule has 0 spiro atoms. The number of carbonyl (C=O) groups is 1. The van der Waals surface area contributed by atoms with Crippen LogP contribution in [0.25, 0.3) is 0 Å². The van der Waals surface area contributed by atoms with Crippen LogP contribution in [0.2, 0.25) is 0 Å². The Bertz CT molecular complexity index is 1150. The van der Waals surface area contributed by atoms with E-state index in [1.54, 1.807) is 25.1 Å². The Balaban J connectivity index is 1.85. The van der Waals surface area contributed by atoms with Crippen LogP contribution in [0.5, 0.6) is 11.5 Å². The highest BCUT2D eigenvalue weighted by molar-refractivity contribution is 5.92. The van der Waals surface area contributed by atoms with Gasteiger partial charge in [-0.2, -0.15) is 9.78 Å². The average molecular weight is 395 g/mol. The molecule has 29 heavy (non-hydrogen) atoms. The molecular formula is C21H18FN3O4. The molecule has 0 unspecified atom stereocenters. The Hall–Kier alpha value is -3.94. The first kappa shape index (κ1) is 19.8. The maximum Gasteiger partial charge on any atom is 0.346 e. The summed E-state index contributed by atoms with van der Waals surface area (Å²) in [6, 6.07) is 13.2. The molecule has 0 aliphatic carbocycles. The highest BCUT2D eigenvalue weighted by atomic mass is 19.1. The minimum Gasteiger partial charge on any atom is -0.493 e. The Morgan fingerprint density at radius 2 is 1.90 bits per heavy atom. The molecule has 8 heteroatoms. The van der Waals surface area contributed by atoms with Gasteiger partial charge in [-0.3, -0.25) is 4.79 Å².